The second-order valence-electron chi connectivity index (χ2n) is 3.67. The van der Waals surface area contributed by atoms with E-state index in [1.54, 1.807) is 0 Å². The maximum Gasteiger partial charge on any atom is 0.138 e. The number of ether oxygens (including phenoxy) is 1. The molecule has 0 radical (unpaired) electrons. The van der Waals surface area contributed by atoms with E-state index in [2.05, 4.69) is 5.32 Å². The van der Waals surface area contributed by atoms with Gasteiger partial charge in [-0.15, -0.1) is 0 Å². The van der Waals surface area contributed by atoms with Crippen LogP contribution in [-0.2, 0) is 0 Å². The van der Waals surface area contributed by atoms with Crippen molar-refractivity contribution in [2.45, 2.75) is 19.4 Å². The standard InChI is InChI=1S/C11H14ClNO/c1-8-2-3-10(12)11(6-8)14-9-4-5-13-7-9/h2-3,6,9,13H,4-5,7H2,1H3/t9-/m0/s1. The van der Waals surface area contributed by atoms with E-state index < -0.39 is 0 Å². The zero-order valence-corrected chi connectivity index (χ0v) is 8.97. The van der Waals surface area contributed by atoms with Crippen LogP contribution in [-0.4, -0.2) is 19.2 Å². The first-order chi connectivity index (χ1) is 6.75. The predicted octanol–water partition coefficient (Wildman–Crippen LogP) is 2.39. The van der Waals surface area contributed by atoms with Crippen LogP contribution in [0.5, 0.6) is 5.75 Å². The summed E-state index contributed by atoms with van der Waals surface area (Å²) in [5.74, 6) is 0.806. The summed E-state index contributed by atoms with van der Waals surface area (Å²) in [6.07, 6.45) is 1.33. The summed E-state index contributed by atoms with van der Waals surface area (Å²) in [6.45, 7) is 3.99. The van der Waals surface area contributed by atoms with Crippen molar-refractivity contribution in [3.05, 3.63) is 28.8 Å². The van der Waals surface area contributed by atoms with Gasteiger partial charge in [0.15, 0.2) is 0 Å². The molecular formula is C11H14ClNO. The minimum atomic E-state index is 0.272. The van der Waals surface area contributed by atoms with Crippen LogP contribution < -0.4 is 10.1 Å². The molecule has 1 N–H and O–H groups in total. The Bertz CT molecular complexity index is 321. The van der Waals surface area contributed by atoms with Gasteiger partial charge in [-0.3, -0.25) is 0 Å². The molecule has 2 rings (SSSR count). The topological polar surface area (TPSA) is 21.3 Å². The molecule has 1 saturated heterocycles. The number of halogens is 1. The van der Waals surface area contributed by atoms with E-state index in [0.717, 1.165) is 25.3 Å². The van der Waals surface area contributed by atoms with Crippen molar-refractivity contribution in [2.75, 3.05) is 13.1 Å². The Labute approximate surface area is 89.2 Å². The van der Waals surface area contributed by atoms with E-state index in [4.69, 9.17) is 16.3 Å². The predicted molar refractivity (Wildman–Crippen MR) is 58.1 cm³/mol. The lowest BCUT2D eigenvalue weighted by molar-refractivity contribution is 0.223. The van der Waals surface area contributed by atoms with E-state index in [1.165, 1.54) is 5.56 Å². The average molecular weight is 212 g/mol. The number of nitrogens with one attached hydrogen (secondary N) is 1. The highest BCUT2D eigenvalue weighted by atomic mass is 35.5. The van der Waals surface area contributed by atoms with Gasteiger partial charge in [-0.05, 0) is 37.6 Å². The molecule has 3 heteroatoms. The molecule has 14 heavy (non-hydrogen) atoms. The normalized spacial score (nSPS) is 21.1. The van der Waals surface area contributed by atoms with Crippen LogP contribution in [0.25, 0.3) is 0 Å². The molecular weight excluding hydrogens is 198 g/mol. The first-order valence-corrected chi connectivity index (χ1v) is 5.27. The minimum Gasteiger partial charge on any atom is -0.487 e. The average Bonchev–Trinajstić information content (AvgIpc) is 2.64. The molecule has 0 unspecified atom stereocenters. The molecule has 1 fully saturated rings. The molecule has 1 aliphatic rings. The fraction of sp³-hybridized carbons (Fsp3) is 0.455. The van der Waals surface area contributed by atoms with E-state index >= 15 is 0 Å². The van der Waals surface area contributed by atoms with Crippen LogP contribution in [0.3, 0.4) is 0 Å². The summed E-state index contributed by atoms with van der Waals surface area (Å²) in [4.78, 5) is 0. The molecule has 1 heterocycles. The highest BCUT2D eigenvalue weighted by Crippen LogP contribution is 2.27. The Morgan fingerprint density at radius 3 is 3.07 bits per heavy atom. The van der Waals surface area contributed by atoms with Gasteiger partial charge in [0.25, 0.3) is 0 Å². The third kappa shape index (κ3) is 2.20. The van der Waals surface area contributed by atoms with E-state index in [-0.39, 0.29) is 6.10 Å². The van der Waals surface area contributed by atoms with Gasteiger partial charge in [0.1, 0.15) is 11.9 Å². The molecule has 1 atom stereocenters. The van der Waals surface area contributed by atoms with Gasteiger partial charge in [-0.25, -0.2) is 0 Å². The van der Waals surface area contributed by atoms with Crippen LogP contribution >= 0.6 is 11.6 Å². The van der Waals surface area contributed by atoms with Crippen LogP contribution in [0, 0.1) is 6.92 Å². The summed E-state index contributed by atoms with van der Waals surface area (Å²) in [6, 6.07) is 5.86. The van der Waals surface area contributed by atoms with Crippen molar-refractivity contribution in [1.29, 1.82) is 0 Å². The van der Waals surface area contributed by atoms with E-state index in [1.807, 2.05) is 25.1 Å². The number of hydrogen-bond donors (Lipinski definition) is 1. The summed E-state index contributed by atoms with van der Waals surface area (Å²) in [5, 5.41) is 3.96. The minimum absolute atomic E-state index is 0.272. The Hall–Kier alpha value is -0.730. The van der Waals surface area contributed by atoms with Crippen molar-refractivity contribution in [2.24, 2.45) is 0 Å². The maximum absolute atomic E-state index is 6.03. The van der Waals surface area contributed by atoms with Crippen molar-refractivity contribution < 1.29 is 4.74 Å². The van der Waals surface area contributed by atoms with Crippen molar-refractivity contribution >= 4 is 11.6 Å². The van der Waals surface area contributed by atoms with Gasteiger partial charge in [-0.1, -0.05) is 17.7 Å². The Morgan fingerprint density at radius 2 is 2.36 bits per heavy atom. The largest absolute Gasteiger partial charge is 0.487 e. The Balaban J connectivity index is 2.10. The second kappa shape index (κ2) is 4.20. The number of hydrogen-bond acceptors (Lipinski definition) is 2. The van der Waals surface area contributed by atoms with Crippen LogP contribution in [0.4, 0.5) is 0 Å². The third-order valence-corrected chi connectivity index (χ3v) is 2.71. The number of aryl methyl sites for hydroxylation is 1. The maximum atomic E-state index is 6.03. The molecule has 0 aromatic heterocycles. The highest BCUT2D eigenvalue weighted by molar-refractivity contribution is 6.32. The van der Waals surface area contributed by atoms with Crippen molar-refractivity contribution in [3.8, 4) is 5.75 Å². The molecule has 1 aromatic carbocycles. The monoisotopic (exact) mass is 211 g/mol. The fourth-order valence-corrected chi connectivity index (χ4v) is 1.77. The van der Waals surface area contributed by atoms with E-state index in [9.17, 15) is 0 Å². The SMILES string of the molecule is Cc1ccc(Cl)c(O[C@H]2CCNC2)c1. The van der Waals surface area contributed by atoms with Crippen molar-refractivity contribution in [1.82, 2.24) is 5.32 Å². The third-order valence-electron chi connectivity index (χ3n) is 2.40. The molecule has 0 bridgehead atoms. The summed E-state index contributed by atoms with van der Waals surface area (Å²) in [7, 11) is 0. The zero-order chi connectivity index (χ0) is 9.97. The smallest absolute Gasteiger partial charge is 0.138 e. The molecule has 0 amide bonds. The van der Waals surface area contributed by atoms with Crippen LogP contribution in [0.2, 0.25) is 5.02 Å². The van der Waals surface area contributed by atoms with Crippen LogP contribution in [0.15, 0.2) is 18.2 Å². The lowest BCUT2D eigenvalue weighted by Crippen LogP contribution is -2.19. The van der Waals surface area contributed by atoms with Gasteiger partial charge < -0.3 is 10.1 Å². The number of rotatable bonds is 2. The number of benzene rings is 1. The van der Waals surface area contributed by atoms with Crippen molar-refractivity contribution in [3.63, 3.8) is 0 Å². The quantitative estimate of drug-likeness (QED) is 0.811. The molecule has 0 saturated carbocycles. The van der Waals surface area contributed by atoms with Crippen LogP contribution in [0.1, 0.15) is 12.0 Å². The lowest BCUT2D eigenvalue weighted by atomic mass is 10.2. The summed E-state index contributed by atoms with van der Waals surface area (Å²) >= 11 is 6.03. The van der Waals surface area contributed by atoms with E-state index in [0.29, 0.717) is 5.02 Å². The lowest BCUT2D eigenvalue weighted by Gasteiger charge is -2.14. The zero-order valence-electron chi connectivity index (χ0n) is 8.22. The molecule has 2 nitrogen and oxygen atoms in total. The molecule has 1 aliphatic heterocycles. The highest BCUT2D eigenvalue weighted by Gasteiger charge is 2.16. The molecule has 0 aliphatic carbocycles. The Morgan fingerprint density at radius 1 is 1.50 bits per heavy atom. The summed E-state index contributed by atoms with van der Waals surface area (Å²) in [5.41, 5.74) is 1.18. The first-order valence-electron chi connectivity index (χ1n) is 4.89. The fourth-order valence-electron chi connectivity index (χ4n) is 1.61. The molecule has 0 spiro atoms. The van der Waals surface area contributed by atoms with Gasteiger partial charge in [0.2, 0.25) is 0 Å². The van der Waals surface area contributed by atoms with Gasteiger partial charge >= 0.3 is 0 Å². The van der Waals surface area contributed by atoms with Gasteiger partial charge in [-0.2, -0.15) is 0 Å². The van der Waals surface area contributed by atoms with Gasteiger partial charge in [0.05, 0.1) is 5.02 Å². The first kappa shape index (κ1) is 9.81. The molecule has 76 valence electrons. The molecule has 1 aromatic rings. The second-order valence-corrected chi connectivity index (χ2v) is 4.07. The summed E-state index contributed by atoms with van der Waals surface area (Å²) < 4.78 is 5.79. The Kier molecular flexibility index (Phi) is 2.94. The van der Waals surface area contributed by atoms with Gasteiger partial charge in [0, 0.05) is 6.54 Å².